The van der Waals surface area contributed by atoms with Gasteiger partial charge in [-0.15, -0.1) is 0 Å². The summed E-state index contributed by atoms with van der Waals surface area (Å²) in [5, 5.41) is 9.36. The summed E-state index contributed by atoms with van der Waals surface area (Å²) >= 11 is 0. The van der Waals surface area contributed by atoms with Gasteiger partial charge < -0.3 is 8.98 Å². The van der Waals surface area contributed by atoms with Gasteiger partial charge in [0.2, 0.25) is 0 Å². The minimum atomic E-state index is -3.12. The molecule has 8 rings (SSSR count). The fourth-order valence-electron chi connectivity index (χ4n) is 6.19. The zero-order valence-electron chi connectivity index (χ0n) is 22.2. The molecule has 194 valence electrons. The molecule has 0 unspecified atom stereocenters. The minimum absolute atomic E-state index is 0.801. The number of benzene rings is 7. The van der Waals surface area contributed by atoms with Gasteiger partial charge in [-0.3, -0.25) is 0 Å². The molecular formula is C38H25O2P. The lowest BCUT2D eigenvalue weighted by atomic mass is 9.95. The lowest BCUT2D eigenvalue weighted by molar-refractivity contribution is 0.592. The van der Waals surface area contributed by atoms with Crippen LogP contribution >= 0.6 is 7.14 Å². The Kier molecular flexibility index (Phi) is 5.45. The van der Waals surface area contributed by atoms with E-state index in [0.29, 0.717) is 0 Å². The van der Waals surface area contributed by atoms with E-state index in [4.69, 9.17) is 4.42 Å². The number of hydrogen-bond acceptors (Lipinski definition) is 2. The predicted octanol–water partition coefficient (Wildman–Crippen LogP) is 9.20. The fraction of sp³-hybridized carbons (Fsp3) is 0. The molecular weight excluding hydrogens is 519 g/mol. The summed E-state index contributed by atoms with van der Waals surface area (Å²) in [4.78, 5) is 0. The smallest absolute Gasteiger partial charge is 0.171 e. The molecule has 0 bridgehead atoms. The molecule has 0 N–H and O–H groups in total. The van der Waals surface area contributed by atoms with Crippen molar-refractivity contribution < 1.29 is 8.98 Å². The van der Waals surface area contributed by atoms with Crippen LogP contribution in [0.5, 0.6) is 0 Å². The Labute approximate surface area is 237 Å². The van der Waals surface area contributed by atoms with Crippen molar-refractivity contribution in [2.24, 2.45) is 0 Å². The molecule has 41 heavy (non-hydrogen) atoms. The summed E-state index contributed by atoms with van der Waals surface area (Å²) in [6, 6.07) is 51.2. The van der Waals surface area contributed by atoms with Crippen LogP contribution in [0.3, 0.4) is 0 Å². The van der Waals surface area contributed by atoms with Gasteiger partial charge in [0.1, 0.15) is 11.2 Å². The molecule has 8 aromatic rings. The molecule has 0 atom stereocenters. The second-order valence-electron chi connectivity index (χ2n) is 10.4. The normalized spacial score (nSPS) is 12.0. The second-order valence-corrected chi connectivity index (χ2v) is 13.2. The Morgan fingerprint density at radius 3 is 1.76 bits per heavy atom. The van der Waals surface area contributed by atoms with Crippen LogP contribution in [0, 0.1) is 0 Å². The van der Waals surface area contributed by atoms with Crippen molar-refractivity contribution in [1.29, 1.82) is 0 Å². The van der Waals surface area contributed by atoms with E-state index in [1.807, 2.05) is 72.8 Å². The van der Waals surface area contributed by atoms with E-state index >= 15 is 4.57 Å². The summed E-state index contributed by atoms with van der Waals surface area (Å²) < 4.78 is 21.8. The topological polar surface area (TPSA) is 30.2 Å². The molecule has 0 amide bonds. The van der Waals surface area contributed by atoms with Gasteiger partial charge in [0.05, 0.1) is 0 Å². The van der Waals surface area contributed by atoms with Crippen LogP contribution in [0.25, 0.3) is 54.6 Å². The van der Waals surface area contributed by atoms with Crippen molar-refractivity contribution in [1.82, 2.24) is 0 Å². The third-order valence-corrected chi connectivity index (χ3v) is 11.2. The Morgan fingerprint density at radius 2 is 1.05 bits per heavy atom. The van der Waals surface area contributed by atoms with Crippen molar-refractivity contribution in [3.05, 3.63) is 152 Å². The quantitative estimate of drug-likeness (QED) is 0.207. The molecule has 0 spiro atoms. The highest BCUT2D eigenvalue weighted by Gasteiger charge is 2.30. The number of rotatable bonds is 4. The van der Waals surface area contributed by atoms with E-state index in [-0.39, 0.29) is 0 Å². The van der Waals surface area contributed by atoms with Gasteiger partial charge in [-0.05, 0) is 45.3 Å². The lowest BCUT2D eigenvalue weighted by Gasteiger charge is -2.20. The van der Waals surface area contributed by atoms with E-state index in [9.17, 15) is 0 Å². The van der Waals surface area contributed by atoms with Gasteiger partial charge in [0.15, 0.2) is 7.14 Å². The van der Waals surface area contributed by atoms with Crippen LogP contribution in [-0.4, -0.2) is 0 Å². The van der Waals surface area contributed by atoms with Crippen LogP contribution in [0.15, 0.2) is 156 Å². The Morgan fingerprint density at radius 1 is 0.463 bits per heavy atom. The van der Waals surface area contributed by atoms with Gasteiger partial charge in [0, 0.05) is 32.2 Å². The van der Waals surface area contributed by atoms with Gasteiger partial charge in [-0.1, -0.05) is 133 Å². The molecule has 0 fully saturated rings. The monoisotopic (exact) mass is 544 g/mol. The number of hydrogen-bond donors (Lipinski definition) is 0. The molecule has 1 aromatic heterocycles. The van der Waals surface area contributed by atoms with Gasteiger partial charge in [-0.2, -0.15) is 0 Å². The maximum atomic E-state index is 15.1. The third kappa shape index (κ3) is 3.69. The molecule has 0 aliphatic rings. The zero-order valence-corrected chi connectivity index (χ0v) is 23.1. The van der Waals surface area contributed by atoms with Crippen molar-refractivity contribution >= 4 is 66.5 Å². The van der Waals surface area contributed by atoms with Crippen molar-refractivity contribution in [2.45, 2.75) is 0 Å². The SMILES string of the molecule is O=P(c1ccccc1)(c1ccccc1)c1cccc(-c2cc3ccccc3c3c2oc2ccc4ccccc4c23)c1. The van der Waals surface area contributed by atoms with E-state index in [1.165, 1.54) is 10.8 Å². The van der Waals surface area contributed by atoms with Crippen LogP contribution in [-0.2, 0) is 4.57 Å². The van der Waals surface area contributed by atoms with Gasteiger partial charge in [-0.25, -0.2) is 0 Å². The number of furan rings is 1. The maximum absolute atomic E-state index is 15.1. The molecule has 7 aromatic carbocycles. The highest BCUT2D eigenvalue weighted by atomic mass is 31.2. The largest absolute Gasteiger partial charge is 0.455 e. The average molecular weight is 545 g/mol. The summed E-state index contributed by atoms with van der Waals surface area (Å²) in [6.45, 7) is 0. The van der Waals surface area contributed by atoms with Crippen LogP contribution < -0.4 is 15.9 Å². The standard InChI is InChI=1S/C38H25O2P/c39-41(29-15-3-1-4-16-29,30-17-5-2-6-18-30)31-19-11-14-27(24-31)34-25-28-13-8-10-21-33(28)37-36-32-20-9-7-12-26(32)22-23-35(36)40-38(34)37/h1-25H. The highest BCUT2D eigenvalue weighted by molar-refractivity contribution is 7.85. The van der Waals surface area contributed by atoms with Crippen LogP contribution in [0.2, 0.25) is 0 Å². The fourth-order valence-corrected chi connectivity index (χ4v) is 8.89. The van der Waals surface area contributed by atoms with Gasteiger partial charge in [0.25, 0.3) is 0 Å². The summed E-state index contributed by atoms with van der Waals surface area (Å²) in [6.07, 6.45) is 0. The number of fused-ring (bicyclic) bond motifs is 7. The maximum Gasteiger partial charge on any atom is 0.171 e. The Hall–Kier alpha value is -4.91. The summed E-state index contributed by atoms with van der Waals surface area (Å²) in [5.74, 6) is 0. The summed E-state index contributed by atoms with van der Waals surface area (Å²) in [7, 11) is -3.12. The first-order valence-electron chi connectivity index (χ1n) is 13.8. The van der Waals surface area contributed by atoms with Crippen molar-refractivity contribution in [3.63, 3.8) is 0 Å². The molecule has 0 aliphatic heterocycles. The van der Waals surface area contributed by atoms with Crippen LogP contribution in [0.4, 0.5) is 0 Å². The lowest BCUT2D eigenvalue weighted by Crippen LogP contribution is -2.25. The average Bonchev–Trinajstić information content (AvgIpc) is 3.45. The van der Waals surface area contributed by atoms with E-state index in [0.717, 1.165) is 59.8 Å². The zero-order chi connectivity index (χ0) is 27.4. The molecule has 1 heterocycles. The van der Waals surface area contributed by atoms with Crippen molar-refractivity contribution in [2.75, 3.05) is 0 Å². The molecule has 0 saturated heterocycles. The van der Waals surface area contributed by atoms with Crippen LogP contribution in [0.1, 0.15) is 0 Å². The van der Waals surface area contributed by atoms with Crippen molar-refractivity contribution in [3.8, 4) is 11.1 Å². The second kappa shape index (κ2) is 9.34. The van der Waals surface area contributed by atoms with Gasteiger partial charge >= 0.3 is 0 Å². The highest BCUT2D eigenvalue weighted by Crippen LogP contribution is 2.46. The minimum Gasteiger partial charge on any atom is -0.455 e. The first kappa shape index (κ1) is 23.9. The first-order valence-corrected chi connectivity index (χ1v) is 15.5. The molecule has 3 heteroatoms. The molecule has 0 aliphatic carbocycles. The first-order chi connectivity index (χ1) is 20.2. The summed E-state index contributed by atoms with van der Waals surface area (Å²) in [5.41, 5.74) is 3.69. The Balaban J connectivity index is 1.44. The molecule has 0 saturated carbocycles. The predicted molar refractivity (Wildman–Crippen MR) is 174 cm³/mol. The van der Waals surface area contributed by atoms with E-state index in [1.54, 1.807) is 0 Å². The van der Waals surface area contributed by atoms with E-state index in [2.05, 4.69) is 78.9 Å². The molecule has 0 radical (unpaired) electrons. The van der Waals surface area contributed by atoms with E-state index < -0.39 is 7.14 Å². The molecule has 2 nitrogen and oxygen atoms in total. The third-order valence-electron chi connectivity index (χ3n) is 8.11. The Bertz CT molecular complexity index is 2240.